The van der Waals surface area contributed by atoms with Gasteiger partial charge in [-0.15, -0.1) is 0 Å². The molecule has 2 aromatic carbocycles. The number of fused-ring (bicyclic) bond motifs is 1. The second-order valence-electron chi connectivity index (χ2n) is 5.57. The highest BCUT2D eigenvalue weighted by Crippen LogP contribution is 2.37. The standard InChI is InChI=1S/C18H20FNO/c1-20-18(15-8-5-9-16(21-2)17(15)19)14-10-12-6-3-4-7-13(12)11-14/h3-9,14,18,20H,10-11H2,1-2H3. The summed E-state index contributed by atoms with van der Waals surface area (Å²) in [6, 6.07) is 13.8. The molecule has 0 saturated heterocycles. The minimum atomic E-state index is -0.254. The highest BCUT2D eigenvalue weighted by molar-refractivity contribution is 5.37. The van der Waals surface area contributed by atoms with Crippen LogP contribution in [-0.4, -0.2) is 14.2 Å². The van der Waals surface area contributed by atoms with Crippen LogP contribution in [0.1, 0.15) is 22.7 Å². The minimum Gasteiger partial charge on any atom is -0.494 e. The van der Waals surface area contributed by atoms with Crippen molar-refractivity contribution in [2.45, 2.75) is 18.9 Å². The fourth-order valence-corrected chi connectivity index (χ4v) is 3.40. The average Bonchev–Trinajstić information content (AvgIpc) is 2.93. The van der Waals surface area contributed by atoms with Gasteiger partial charge in [-0.1, -0.05) is 36.4 Å². The molecule has 3 heteroatoms. The van der Waals surface area contributed by atoms with Crippen molar-refractivity contribution in [3.05, 3.63) is 65.0 Å². The van der Waals surface area contributed by atoms with Gasteiger partial charge in [0.25, 0.3) is 0 Å². The van der Waals surface area contributed by atoms with Crippen LogP contribution in [0.4, 0.5) is 4.39 Å². The lowest BCUT2D eigenvalue weighted by Gasteiger charge is -2.24. The van der Waals surface area contributed by atoms with Gasteiger partial charge in [0.15, 0.2) is 11.6 Å². The monoisotopic (exact) mass is 285 g/mol. The molecule has 2 aromatic rings. The van der Waals surface area contributed by atoms with E-state index in [0.29, 0.717) is 17.2 Å². The van der Waals surface area contributed by atoms with Gasteiger partial charge < -0.3 is 10.1 Å². The van der Waals surface area contributed by atoms with Crippen molar-refractivity contribution in [3.8, 4) is 5.75 Å². The molecule has 1 N–H and O–H groups in total. The van der Waals surface area contributed by atoms with E-state index >= 15 is 0 Å². The molecule has 0 aromatic heterocycles. The molecule has 110 valence electrons. The molecule has 2 nitrogen and oxygen atoms in total. The van der Waals surface area contributed by atoms with Gasteiger partial charge in [0.2, 0.25) is 0 Å². The number of halogens is 1. The Kier molecular flexibility index (Phi) is 3.93. The summed E-state index contributed by atoms with van der Waals surface area (Å²) in [5.41, 5.74) is 3.45. The second-order valence-corrected chi connectivity index (χ2v) is 5.57. The lowest BCUT2D eigenvalue weighted by atomic mass is 9.90. The predicted octanol–water partition coefficient (Wildman–Crippen LogP) is 3.51. The maximum atomic E-state index is 14.5. The quantitative estimate of drug-likeness (QED) is 0.928. The Hall–Kier alpha value is -1.87. The van der Waals surface area contributed by atoms with Crippen LogP contribution in [0.15, 0.2) is 42.5 Å². The van der Waals surface area contributed by atoms with Gasteiger partial charge in [-0.25, -0.2) is 4.39 Å². The fraction of sp³-hybridized carbons (Fsp3) is 0.333. The van der Waals surface area contributed by atoms with Crippen LogP contribution in [0.2, 0.25) is 0 Å². The van der Waals surface area contributed by atoms with Gasteiger partial charge >= 0.3 is 0 Å². The van der Waals surface area contributed by atoms with Crippen molar-refractivity contribution in [1.29, 1.82) is 0 Å². The van der Waals surface area contributed by atoms with Crippen molar-refractivity contribution < 1.29 is 9.13 Å². The number of rotatable bonds is 4. The van der Waals surface area contributed by atoms with Crippen LogP contribution in [0.25, 0.3) is 0 Å². The van der Waals surface area contributed by atoms with Crippen LogP contribution < -0.4 is 10.1 Å². The first-order valence-electron chi connectivity index (χ1n) is 7.31. The molecule has 0 bridgehead atoms. The molecule has 1 atom stereocenters. The number of ether oxygens (including phenoxy) is 1. The van der Waals surface area contributed by atoms with Crippen LogP contribution >= 0.6 is 0 Å². The van der Waals surface area contributed by atoms with E-state index in [-0.39, 0.29) is 11.9 Å². The average molecular weight is 285 g/mol. The highest BCUT2D eigenvalue weighted by Gasteiger charge is 2.30. The van der Waals surface area contributed by atoms with Crippen molar-refractivity contribution >= 4 is 0 Å². The summed E-state index contributed by atoms with van der Waals surface area (Å²) >= 11 is 0. The molecule has 0 heterocycles. The Labute approximate surface area is 125 Å². The maximum absolute atomic E-state index is 14.5. The number of benzene rings is 2. The van der Waals surface area contributed by atoms with E-state index in [9.17, 15) is 4.39 Å². The first kappa shape index (κ1) is 14.1. The summed E-state index contributed by atoms with van der Waals surface area (Å²) < 4.78 is 19.6. The number of methoxy groups -OCH3 is 1. The second kappa shape index (κ2) is 5.86. The zero-order valence-electron chi connectivity index (χ0n) is 12.4. The lowest BCUT2D eigenvalue weighted by Crippen LogP contribution is -2.26. The Morgan fingerprint density at radius 1 is 1.10 bits per heavy atom. The molecular formula is C18H20FNO. The molecule has 3 rings (SSSR count). The Morgan fingerprint density at radius 3 is 2.33 bits per heavy atom. The molecule has 0 amide bonds. The van der Waals surface area contributed by atoms with Crippen LogP contribution in [0, 0.1) is 11.7 Å². The maximum Gasteiger partial charge on any atom is 0.169 e. The molecule has 0 saturated carbocycles. The Balaban J connectivity index is 1.91. The third-order valence-corrected chi connectivity index (χ3v) is 4.41. The van der Waals surface area contributed by atoms with Gasteiger partial charge in [0.1, 0.15) is 0 Å². The number of nitrogens with one attached hydrogen (secondary N) is 1. The van der Waals surface area contributed by atoms with E-state index in [2.05, 4.69) is 29.6 Å². The normalized spacial score (nSPS) is 15.8. The third-order valence-electron chi connectivity index (χ3n) is 4.41. The first-order valence-corrected chi connectivity index (χ1v) is 7.31. The van der Waals surface area contributed by atoms with Crippen LogP contribution in [0.5, 0.6) is 5.75 Å². The topological polar surface area (TPSA) is 21.3 Å². The summed E-state index contributed by atoms with van der Waals surface area (Å²) in [6.45, 7) is 0. The largest absolute Gasteiger partial charge is 0.494 e. The Morgan fingerprint density at radius 2 is 1.76 bits per heavy atom. The zero-order chi connectivity index (χ0) is 14.8. The predicted molar refractivity (Wildman–Crippen MR) is 82.1 cm³/mol. The van der Waals surface area contributed by atoms with E-state index in [0.717, 1.165) is 12.8 Å². The smallest absolute Gasteiger partial charge is 0.169 e. The summed E-state index contributed by atoms with van der Waals surface area (Å²) in [6.07, 6.45) is 1.97. The first-order chi connectivity index (χ1) is 10.2. The number of hydrogen-bond acceptors (Lipinski definition) is 2. The van der Waals surface area contributed by atoms with Gasteiger partial charge in [-0.2, -0.15) is 0 Å². The SMILES string of the molecule is CNC(c1cccc(OC)c1F)C1Cc2ccccc2C1. The van der Waals surface area contributed by atoms with Crippen molar-refractivity contribution in [2.24, 2.45) is 5.92 Å². The lowest BCUT2D eigenvalue weighted by molar-refractivity contribution is 0.358. The highest BCUT2D eigenvalue weighted by atomic mass is 19.1. The van der Waals surface area contributed by atoms with E-state index < -0.39 is 0 Å². The van der Waals surface area contributed by atoms with Crippen molar-refractivity contribution in [3.63, 3.8) is 0 Å². The minimum absolute atomic E-state index is 0.00694. The molecule has 1 unspecified atom stereocenters. The van der Waals surface area contributed by atoms with E-state index in [1.807, 2.05) is 19.2 Å². The molecule has 0 radical (unpaired) electrons. The van der Waals surface area contributed by atoms with Gasteiger partial charge in [0, 0.05) is 11.6 Å². The van der Waals surface area contributed by atoms with Crippen LogP contribution in [-0.2, 0) is 12.8 Å². The fourth-order valence-electron chi connectivity index (χ4n) is 3.40. The zero-order valence-corrected chi connectivity index (χ0v) is 12.4. The van der Waals surface area contributed by atoms with Crippen molar-refractivity contribution in [1.82, 2.24) is 5.32 Å². The molecule has 1 aliphatic rings. The van der Waals surface area contributed by atoms with Gasteiger partial charge in [0.05, 0.1) is 7.11 Å². The number of hydrogen-bond donors (Lipinski definition) is 1. The molecule has 21 heavy (non-hydrogen) atoms. The van der Waals surface area contributed by atoms with Crippen LogP contribution in [0.3, 0.4) is 0 Å². The molecule has 0 spiro atoms. The van der Waals surface area contributed by atoms with E-state index in [1.54, 1.807) is 6.07 Å². The molecular weight excluding hydrogens is 265 g/mol. The van der Waals surface area contributed by atoms with Gasteiger partial charge in [-0.05, 0) is 43.0 Å². The summed E-state index contributed by atoms with van der Waals surface area (Å²) in [5.74, 6) is 0.424. The van der Waals surface area contributed by atoms with E-state index in [4.69, 9.17) is 4.74 Å². The molecule has 1 aliphatic carbocycles. The summed E-state index contributed by atoms with van der Waals surface area (Å²) in [5, 5.41) is 3.29. The Bertz CT molecular complexity index is 616. The molecule has 0 aliphatic heterocycles. The summed E-state index contributed by atoms with van der Waals surface area (Å²) in [4.78, 5) is 0. The van der Waals surface area contributed by atoms with E-state index in [1.165, 1.54) is 18.2 Å². The molecule has 0 fully saturated rings. The summed E-state index contributed by atoms with van der Waals surface area (Å²) in [7, 11) is 3.40. The third kappa shape index (κ3) is 2.54. The van der Waals surface area contributed by atoms with Crippen molar-refractivity contribution in [2.75, 3.05) is 14.2 Å². The van der Waals surface area contributed by atoms with Gasteiger partial charge in [-0.3, -0.25) is 0 Å².